The van der Waals surface area contributed by atoms with Gasteiger partial charge in [-0.25, -0.2) is 0 Å². The molecule has 17 heavy (non-hydrogen) atoms. The molecule has 0 fully saturated rings. The van der Waals surface area contributed by atoms with Crippen LogP contribution in [0.5, 0.6) is 0 Å². The van der Waals surface area contributed by atoms with Crippen molar-refractivity contribution in [1.82, 2.24) is 0 Å². The van der Waals surface area contributed by atoms with Crippen molar-refractivity contribution < 1.29 is 0 Å². The van der Waals surface area contributed by atoms with E-state index in [0.717, 1.165) is 0 Å². The molecule has 0 unspecified atom stereocenters. The highest BCUT2D eigenvalue weighted by Gasteiger charge is 0.615. The zero-order chi connectivity index (χ0) is 16.0. The Kier molecular flexibility index (Phi) is 2610. The molecule has 0 aromatic rings. The van der Waals surface area contributed by atoms with Crippen LogP contribution in [0, 0.1) is 0 Å². The van der Waals surface area contributed by atoms with E-state index >= 15 is 0 Å². The molecule has 0 saturated heterocycles. The largest absolute Gasteiger partial charge is 0.106 e. The molecule has 0 saturated carbocycles. The highest BCUT2D eigenvalue weighted by Crippen LogP contribution is 0.876. The van der Waals surface area contributed by atoms with Gasteiger partial charge < -0.3 is 0 Å². The summed E-state index contributed by atoms with van der Waals surface area (Å²) in [5.41, 5.74) is 0. The van der Waals surface area contributed by atoms with Crippen molar-refractivity contribution in [2.45, 2.75) is 7.43 Å². The molecule has 0 radical (unpaired) electrons. The molecule has 0 nitrogen and oxygen atoms in total. The highest BCUT2D eigenvalue weighted by molar-refractivity contribution is 4.23. The fraction of sp³-hybridized carbons (Fsp3) is 0.0588. The third-order valence-corrected chi connectivity index (χ3v) is 0. The van der Waals surface area contributed by atoms with Crippen LogP contribution in [0.3, 0.4) is 0 Å². The van der Waals surface area contributed by atoms with Crippen molar-refractivity contribution in [1.29, 1.82) is 0 Å². The SMILES string of the molecule is C.C=C.C=C.C=C.C=C.C=C.C=C.C=C.C=C. The minimum absolute atomic E-state index is 0. The van der Waals surface area contributed by atoms with E-state index in [0.29, 0.717) is 0 Å². The molecule has 0 aliphatic rings. The van der Waals surface area contributed by atoms with Crippen molar-refractivity contribution in [3.8, 4) is 0 Å². The van der Waals surface area contributed by atoms with Crippen LogP contribution < -0.4 is 0 Å². The van der Waals surface area contributed by atoms with Crippen molar-refractivity contribution in [3.05, 3.63) is 105 Å². The standard InChI is InChI=1S/8C2H4.CH4/c8*1-2;/h8*1-2H2;1H4. The van der Waals surface area contributed by atoms with Crippen molar-refractivity contribution >= 4 is 0 Å². The summed E-state index contributed by atoms with van der Waals surface area (Å²) in [6, 6.07) is 0. The van der Waals surface area contributed by atoms with Gasteiger partial charge in [-0.2, -0.15) is 0 Å². The molecule has 0 heterocycles. The third kappa shape index (κ3) is 457. The van der Waals surface area contributed by atoms with Gasteiger partial charge in [0.05, 0.1) is 0 Å². The Morgan fingerprint density at radius 2 is 0.176 bits per heavy atom. The number of rotatable bonds is 0. The molecular weight excluding hydrogens is 204 g/mol. The van der Waals surface area contributed by atoms with E-state index in [1.807, 2.05) is 0 Å². The van der Waals surface area contributed by atoms with Crippen LogP contribution in [0.1, 0.15) is 7.43 Å². The monoisotopic (exact) mass is 240 g/mol. The Hall–Kier alpha value is -2.08. The van der Waals surface area contributed by atoms with Gasteiger partial charge in [0.1, 0.15) is 0 Å². The molecule has 0 spiro atoms. The van der Waals surface area contributed by atoms with Gasteiger partial charge in [0.15, 0.2) is 0 Å². The second-order valence-corrected chi connectivity index (χ2v) is 0. The predicted octanol–water partition coefficient (Wildman–Crippen LogP) is 7.05. The number of hydrogen-bond acceptors (Lipinski definition) is 0. The van der Waals surface area contributed by atoms with Gasteiger partial charge in [0.2, 0.25) is 0 Å². The zero-order valence-electron chi connectivity index (χ0n) is 11.3. The summed E-state index contributed by atoms with van der Waals surface area (Å²) in [6.07, 6.45) is 0. The average molecular weight is 240 g/mol. The summed E-state index contributed by atoms with van der Waals surface area (Å²) in [5.74, 6) is 0. The van der Waals surface area contributed by atoms with Crippen LogP contribution >= 0.6 is 0 Å². The summed E-state index contributed by atoms with van der Waals surface area (Å²) in [4.78, 5) is 0. The maximum absolute atomic E-state index is 3.00. The second-order valence-electron chi connectivity index (χ2n) is 0. The summed E-state index contributed by atoms with van der Waals surface area (Å²) < 4.78 is 0. The van der Waals surface area contributed by atoms with Gasteiger partial charge in [-0.3, -0.25) is 0 Å². The first-order chi connectivity index (χ1) is 8.00. The predicted molar refractivity (Wildman–Crippen MR) is 96.8 cm³/mol. The maximum Gasteiger partial charge on any atom is -0.0776 e. The summed E-state index contributed by atoms with van der Waals surface area (Å²) in [7, 11) is 0. The highest BCUT2D eigenvalue weighted by atomic mass is 12.7. The molecule has 0 heteroatoms. The molecule has 0 atom stereocenters. The Morgan fingerprint density at radius 3 is 0.176 bits per heavy atom. The van der Waals surface area contributed by atoms with E-state index in [-0.39, 0.29) is 7.43 Å². The van der Waals surface area contributed by atoms with Gasteiger partial charge in [-0.15, -0.1) is 105 Å². The van der Waals surface area contributed by atoms with Gasteiger partial charge in [0, 0.05) is 0 Å². The Bertz CT molecular complexity index is 24.0. The van der Waals surface area contributed by atoms with Crippen LogP contribution in [-0.4, -0.2) is 0 Å². The second kappa shape index (κ2) is 537. The van der Waals surface area contributed by atoms with Gasteiger partial charge in [0.25, 0.3) is 0 Å². The van der Waals surface area contributed by atoms with Gasteiger partial charge >= 0.3 is 0 Å². The number of hydrogen-bond donors (Lipinski definition) is 0. The first kappa shape index (κ1) is 82.5. The molecular formula is C17H36. The van der Waals surface area contributed by atoms with Gasteiger partial charge in [-0.1, -0.05) is 7.43 Å². The first-order valence-electron chi connectivity index (χ1n) is 4.00. The quantitative estimate of drug-likeness (QED) is 0.398. The lowest BCUT2D eigenvalue weighted by atomic mass is 11.3. The van der Waals surface area contributed by atoms with Crippen molar-refractivity contribution in [2.24, 2.45) is 0 Å². The minimum Gasteiger partial charge on any atom is -0.106 e. The molecule has 0 aromatic carbocycles. The molecule has 0 bridgehead atoms. The van der Waals surface area contributed by atoms with E-state index in [2.05, 4.69) is 105 Å². The van der Waals surface area contributed by atoms with Gasteiger partial charge in [-0.05, 0) is 0 Å². The Labute approximate surface area is 113 Å². The summed E-state index contributed by atoms with van der Waals surface area (Å²) in [6.45, 7) is 48.0. The first-order valence-corrected chi connectivity index (χ1v) is 4.00. The fourth-order valence-electron chi connectivity index (χ4n) is 0. The fourth-order valence-corrected chi connectivity index (χ4v) is 0. The Balaban J connectivity index is -0.00000000610. The molecule has 0 aromatic heterocycles. The van der Waals surface area contributed by atoms with Crippen LogP contribution in [0.4, 0.5) is 0 Å². The van der Waals surface area contributed by atoms with Crippen molar-refractivity contribution in [2.75, 3.05) is 0 Å². The van der Waals surface area contributed by atoms with E-state index < -0.39 is 0 Å². The van der Waals surface area contributed by atoms with E-state index in [9.17, 15) is 0 Å². The molecule has 0 aliphatic heterocycles. The molecule has 104 valence electrons. The van der Waals surface area contributed by atoms with E-state index in [1.165, 1.54) is 0 Å². The smallest absolute Gasteiger partial charge is 0.0776 e. The third-order valence-electron chi connectivity index (χ3n) is 0. The minimum atomic E-state index is 0. The van der Waals surface area contributed by atoms with Crippen LogP contribution in [0.2, 0.25) is 0 Å². The normalized spacial score (nSPS) is 1.88. The van der Waals surface area contributed by atoms with E-state index in [4.69, 9.17) is 0 Å². The zero-order valence-corrected chi connectivity index (χ0v) is 11.3. The van der Waals surface area contributed by atoms with E-state index in [1.54, 1.807) is 0 Å². The van der Waals surface area contributed by atoms with Crippen molar-refractivity contribution in [3.63, 3.8) is 0 Å². The lowest BCUT2D eigenvalue weighted by Crippen LogP contribution is -0.552. The Morgan fingerprint density at radius 1 is 0.176 bits per heavy atom. The van der Waals surface area contributed by atoms with Crippen LogP contribution in [-0.2, 0) is 0 Å². The lowest BCUT2D eigenvalue weighted by molar-refractivity contribution is 2.50. The maximum atomic E-state index is 3.00. The topological polar surface area (TPSA) is 0 Å². The summed E-state index contributed by atoms with van der Waals surface area (Å²) in [5, 5.41) is 0. The molecule has 0 N–H and O–H groups in total. The lowest BCUT2D eigenvalue weighted by Gasteiger charge is -0.813. The van der Waals surface area contributed by atoms with Crippen LogP contribution in [0.25, 0.3) is 0 Å². The van der Waals surface area contributed by atoms with Crippen LogP contribution in [0.15, 0.2) is 105 Å². The average Bonchev–Trinajstić information content (AvgIpc) is 2.54. The molecule has 0 amide bonds. The molecule has 0 aliphatic carbocycles. The summed E-state index contributed by atoms with van der Waals surface area (Å²) >= 11 is 0. The molecule has 0 rings (SSSR count).